The fourth-order valence-corrected chi connectivity index (χ4v) is 16.6. The Morgan fingerprint density at radius 1 is 0.159 bits per heavy atom. The fourth-order valence-electron chi connectivity index (χ4n) is 16.6. The minimum atomic E-state index is 0.611. The summed E-state index contributed by atoms with van der Waals surface area (Å²) in [5.41, 5.74) is 22.0. The van der Waals surface area contributed by atoms with Gasteiger partial charge < -0.3 is 13.3 Å². The van der Waals surface area contributed by atoms with Gasteiger partial charge in [-0.25, -0.2) is 29.9 Å². The number of aromatic nitrogens is 6. The maximum Gasteiger partial charge on any atom is 0.179 e. The van der Waals surface area contributed by atoms with Gasteiger partial charge in [0.1, 0.15) is 39.2 Å². The SMILES string of the molecule is c1ccc(-c2cc(-c3nc4cc5oc6ccccc6c5cc4c4ccccc34)cc(-c3ccccc3)n2)cc1.c1ccc(-c2nc(-c3nc4cc5oc6ccccc6c5cc4c4ccccc34)nc3ccccc23)cc1.c1ccc2c(-c3ccc(-c4nc5cc6oc7ccccc7c6cc5c5ccccc45)cc3)cccc2c1. The smallest absolute Gasteiger partial charge is 0.179 e. The molecule has 8 heterocycles. The predicted octanol–water partition coefficient (Wildman–Crippen LogP) is 28.0. The topological polar surface area (TPSA) is 117 Å². The van der Waals surface area contributed by atoms with Crippen LogP contribution < -0.4 is 0 Å². The first-order chi connectivity index (χ1) is 56.0. The van der Waals surface area contributed by atoms with E-state index in [0.717, 1.165) is 193 Å². The Morgan fingerprint density at radius 2 is 0.504 bits per heavy atom. The number of furan rings is 3. The van der Waals surface area contributed by atoms with Crippen LogP contribution in [0.1, 0.15) is 0 Å². The van der Waals surface area contributed by atoms with Gasteiger partial charge in [0.15, 0.2) is 5.82 Å². The highest BCUT2D eigenvalue weighted by molar-refractivity contribution is 6.21. The number of hydrogen-bond donors (Lipinski definition) is 0. The number of para-hydroxylation sites is 4. The van der Waals surface area contributed by atoms with Gasteiger partial charge in [0.05, 0.1) is 50.5 Å². The van der Waals surface area contributed by atoms with E-state index in [1.54, 1.807) is 0 Å². The van der Waals surface area contributed by atoms with Gasteiger partial charge in [-0.05, 0) is 92.7 Å². The van der Waals surface area contributed by atoms with E-state index in [1.807, 2.05) is 127 Å². The minimum Gasteiger partial charge on any atom is -0.456 e. The third-order valence-corrected chi connectivity index (χ3v) is 22.0. The molecule has 0 bridgehead atoms. The number of pyridine rings is 4. The highest BCUT2D eigenvalue weighted by Crippen LogP contribution is 2.44. The van der Waals surface area contributed by atoms with Crippen molar-refractivity contribution in [1.82, 2.24) is 29.9 Å². The Balaban J connectivity index is 0.000000104. The van der Waals surface area contributed by atoms with Crippen LogP contribution in [-0.4, -0.2) is 29.9 Å². The van der Waals surface area contributed by atoms with Gasteiger partial charge in [-0.2, -0.15) is 0 Å². The maximum absolute atomic E-state index is 6.22. The van der Waals surface area contributed by atoms with E-state index in [4.69, 9.17) is 43.2 Å². The van der Waals surface area contributed by atoms with E-state index in [0.29, 0.717) is 5.82 Å². The first kappa shape index (κ1) is 64.8. The van der Waals surface area contributed by atoms with E-state index in [-0.39, 0.29) is 0 Å². The number of fused-ring (bicyclic) bond motifs is 20. The van der Waals surface area contributed by atoms with Crippen LogP contribution in [0.25, 0.3) is 231 Å². The molecule has 0 N–H and O–H groups in total. The van der Waals surface area contributed by atoms with Gasteiger partial charge in [-0.1, -0.05) is 303 Å². The van der Waals surface area contributed by atoms with Gasteiger partial charge >= 0.3 is 0 Å². The lowest BCUT2D eigenvalue weighted by Gasteiger charge is -2.13. The molecule has 0 aliphatic rings. The van der Waals surface area contributed by atoms with Crippen LogP contribution in [0, 0.1) is 0 Å². The molecule has 0 radical (unpaired) electrons. The van der Waals surface area contributed by atoms with Crippen LogP contribution in [0.3, 0.4) is 0 Å². The summed E-state index contributed by atoms with van der Waals surface area (Å²) in [6.07, 6.45) is 0. The zero-order valence-corrected chi connectivity index (χ0v) is 60.7. The molecule has 9 nitrogen and oxygen atoms in total. The molecule has 24 rings (SSSR count). The summed E-state index contributed by atoms with van der Waals surface area (Å²) in [7, 11) is 0. The molecule has 24 aromatic rings. The highest BCUT2D eigenvalue weighted by Gasteiger charge is 2.22. The summed E-state index contributed by atoms with van der Waals surface area (Å²) < 4.78 is 18.6. The molecule has 0 amide bonds. The maximum atomic E-state index is 6.22. The quantitative estimate of drug-likeness (QED) is 0.144. The molecule has 0 saturated heterocycles. The Kier molecular flexibility index (Phi) is 15.4. The zero-order chi connectivity index (χ0) is 74.5. The average Bonchev–Trinajstić information content (AvgIpc) is 1.72. The van der Waals surface area contributed by atoms with Crippen molar-refractivity contribution >= 4 is 153 Å². The Hall–Kier alpha value is -15.3. The van der Waals surface area contributed by atoms with Gasteiger partial charge in [0, 0.05) is 116 Å². The molecule has 9 heteroatoms. The molecule has 8 aromatic heterocycles. The summed E-state index contributed by atoms with van der Waals surface area (Å²) in [5, 5.41) is 20.4. The number of nitrogens with zero attached hydrogens (tertiary/aromatic N) is 6. The van der Waals surface area contributed by atoms with Crippen LogP contribution in [0.15, 0.2) is 389 Å². The Bertz CT molecular complexity index is 7870. The molecule has 0 aliphatic heterocycles. The van der Waals surface area contributed by atoms with E-state index in [9.17, 15) is 0 Å². The summed E-state index contributed by atoms with van der Waals surface area (Å²) >= 11 is 0. The lowest BCUT2D eigenvalue weighted by Crippen LogP contribution is -1.98. The van der Waals surface area contributed by atoms with Crippen molar-refractivity contribution in [2.75, 3.05) is 0 Å². The fraction of sp³-hybridized carbons (Fsp3) is 0. The standard InChI is InChI=1S/C36H22N2O.C35H21NO.C33H19N3O/c1-3-11-23(12-4-1)31-19-25(20-32(37-31)24-13-5-2-6-14-24)36-28-17-8-7-15-26(28)29-21-30-27-16-9-10-18-34(27)39-35(30)22-33(29)38-36;1-2-10-25-22(8-1)9-7-14-26(25)23-16-18-24(19-17-23)35-29-13-4-3-11-27(29)30-20-31-28-12-5-6-15-33(28)37-34(31)21-32(30)36-35;1-2-10-20(11-3-1)31-24-15-6-8-16-27(24)35-33(36-31)32-23-14-5-4-12-21(23)25-18-26-22-13-7-9-17-29(22)37-30(26)19-28(25)34-32/h1-22H;1-21H;1-19H. The molecular formula is C104H62N6O3. The van der Waals surface area contributed by atoms with Crippen molar-refractivity contribution < 1.29 is 13.3 Å². The van der Waals surface area contributed by atoms with E-state index < -0.39 is 0 Å². The van der Waals surface area contributed by atoms with Crippen molar-refractivity contribution in [1.29, 1.82) is 0 Å². The summed E-state index contributed by atoms with van der Waals surface area (Å²) in [4.78, 5) is 30.8. The average molecular weight is 1440 g/mol. The molecule has 16 aromatic carbocycles. The summed E-state index contributed by atoms with van der Waals surface area (Å²) in [5.74, 6) is 0.611. The molecule has 0 atom stereocenters. The number of hydrogen-bond acceptors (Lipinski definition) is 9. The van der Waals surface area contributed by atoms with Gasteiger partial charge in [0.25, 0.3) is 0 Å². The first-order valence-electron chi connectivity index (χ1n) is 37.9. The second kappa shape index (κ2) is 26.8. The largest absolute Gasteiger partial charge is 0.456 e. The predicted molar refractivity (Wildman–Crippen MR) is 466 cm³/mol. The first-order valence-corrected chi connectivity index (χ1v) is 37.9. The minimum absolute atomic E-state index is 0.611. The van der Waals surface area contributed by atoms with E-state index in [2.05, 4.69) is 249 Å². The lowest BCUT2D eigenvalue weighted by atomic mass is 9.95. The number of rotatable bonds is 7. The third-order valence-electron chi connectivity index (χ3n) is 22.0. The monoisotopic (exact) mass is 1440 g/mol. The third kappa shape index (κ3) is 11.3. The molecule has 0 saturated carbocycles. The summed E-state index contributed by atoms with van der Waals surface area (Å²) in [6.45, 7) is 0. The van der Waals surface area contributed by atoms with Crippen molar-refractivity contribution in [2.45, 2.75) is 0 Å². The van der Waals surface area contributed by atoms with Crippen LogP contribution in [0.2, 0.25) is 0 Å². The van der Waals surface area contributed by atoms with Gasteiger partial charge in [0.2, 0.25) is 0 Å². The van der Waals surface area contributed by atoms with Gasteiger partial charge in [-0.3, -0.25) is 0 Å². The zero-order valence-electron chi connectivity index (χ0n) is 60.7. The second-order valence-electron chi connectivity index (χ2n) is 28.7. The van der Waals surface area contributed by atoms with Crippen LogP contribution in [0.4, 0.5) is 0 Å². The molecule has 526 valence electrons. The van der Waals surface area contributed by atoms with Crippen molar-refractivity contribution in [3.05, 3.63) is 376 Å². The molecule has 0 unspecified atom stereocenters. The van der Waals surface area contributed by atoms with Crippen LogP contribution in [-0.2, 0) is 0 Å². The van der Waals surface area contributed by atoms with Crippen LogP contribution >= 0.6 is 0 Å². The number of benzene rings is 16. The Labute approximate surface area is 646 Å². The van der Waals surface area contributed by atoms with Crippen molar-refractivity contribution in [3.8, 4) is 78.9 Å². The van der Waals surface area contributed by atoms with Gasteiger partial charge in [-0.15, -0.1) is 0 Å². The van der Waals surface area contributed by atoms with Crippen LogP contribution in [0.5, 0.6) is 0 Å². The van der Waals surface area contributed by atoms with Crippen molar-refractivity contribution in [3.63, 3.8) is 0 Å². The molecule has 113 heavy (non-hydrogen) atoms. The Morgan fingerprint density at radius 3 is 0.991 bits per heavy atom. The molecule has 0 fully saturated rings. The van der Waals surface area contributed by atoms with E-state index in [1.165, 1.54) is 32.7 Å². The summed E-state index contributed by atoms with van der Waals surface area (Å²) in [6, 6.07) is 130. The second-order valence-corrected chi connectivity index (χ2v) is 28.7. The van der Waals surface area contributed by atoms with Crippen molar-refractivity contribution in [2.24, 2.45) is 0 Å². The molecular weight excluding hydrogens is 1380 g/mol. The lowest BCUT2D eigenvalue weighted by molar-refractivity contribution is 0.669. The highest BCUT2D eigenvalue weighted by atomic mass is 16.3. The molecule has 0 spiro atoms. The molecule has 0 aliphatic carbocycles. The normalized spacial score (nSPS) is 11.7. The van der Waals surface area contributed by atoms with E-state index >= 15 is 0 Å².